The number of benzene rings is 1. The molecule has 3 rings (SSSR count). The molecule has 0 aliphatic rings. The zero-order valence-corrected chi connectivity index (χ0v) is 10.5. The van der Waals surface area contributed by atoms with Crippen molar-refractivity contribution in [3.05, 3.63) is 60.6 Å². The van der Waals surface area contributed by atoms with Crippen LogP contribution in [0.4, 0.5) is 0 Å². The maximum Gasteiger partial charge on any atom is 0.170 e. The van der Waals surface area contributed by atoms with E-state index in [-0.39, 0.29) is 0 Å². The van der Waals surface area contributed by atoms with Crippen LogP contribution in [0.15, 0.2) is 54.9 Å². The van der Waals surface area contributed by atoms with Crippen LogP contribution >= 0.6 is 0 Å². The molecule has 0 aliphatic heterocycles. The molecule has 0 saturated heterocycles. The van der Waals surface area contributed by atoms with Gasteiger partial charge in [0.15, 0.2) is 6.29 Å². The zero-order chi connectivity index (χ0) is 13.8. The van der Waals surface area contributed by atoms with E-state index in [1.165, 1.54) is 0 Å². The molecule has 0 unspecified atom stereocenters. The summed E-state index contributed by atoms with van der Waals surface area (Å²) in [4.78, 5) is 14.8. The monoisotopic (exact) mass is 265 g/mol. The molecule has 20 heavy (non-hydrogen) atoms. The van der Waals surface area contributed by atoms with Crippen molar-refractivity contribution in [2.75, 3.05) is 0 Å². The smallest absolute Gasteiger partial charge is 0.170 e. The molecule has 2 aromatic heterocycles. The number of nitrogens with zero attached hydrogens (tertiary/aromatic N) is 2. The van der Waals surface area contributed by atoms with Crippen molar-refractivity contribution in [3.8, 4) is 22.8 Å². The summed E-state index contributed by atoms with van der Waals surface area (Å²) in [6, 6.07) is 12.9. The average Bonchev–Trinajstić information content (AvgIpc) is 2.98. The van der Waals surface area contributed by atoms with Gasteiger partial charge in [-0.3, -0.25) is 14.9 Å². The van der Waals surface area contributed by atoms with Gasteiger partial charge in [-0.25, -0.2) is 0 Å². The van der Waals surface area contributed by atoms with Crippen molar-refractivity contribution in [2.24, 2.45) is 0 Å². The van der Waals surface area contributed by atoms with E-state index in [1.807, 2.05) is 30.3 Å². The first-order chi connectivity index (χ1) is 9.86. The van der Waals surface area contributed by atoms with Gasteiger partial charge in [-0.2, -0.15) is 5.10 Å². The fourth-order valence-corrected chi connectivity index (χ4v) is 1.82. The van der Waals surface area contributed by atoms with Crippen molar-refractivity contribution >= 4 is 6.29 Å². The minimum Gasteiger partial charge on any atom is -0.457 e. The molecule has 0 radical (unpaired) electrons. The van der Waals surface area contributed by atoms with Gasteiger partial charge in [0.25, 0.3) is 0 Å². The second-order valence-corrected chi connectivity index (χ2v) is 4.11. The van der Waals surface area contributed by atoms with Crippen LogP contribution in [0.1, 0.15) is 10.5 Å². The standard InChI is InChI=1S/C15H11N3O2/c19-10-11-8-14(18-17-11)13-9-16-7-6-15(13)20-12-4-2-1-3-5-12/h1-10H,(H,17,18). The van der Waals surface area contributed by atoms with Gasteiger partial charge in [-0.15, -0.1) is 0 Å². The van der Waals surface area contributed by atoms with Gasteiger partial charge in [0.2, 0.25) is 0 Å². The van der Waals surface area contributed by atoms with E-state index in [0.29, 0.717) is 23.4 Å². The number of carbonyl (C=O) groups is 1. The molecule has 5 nitrogen and oxygen atoms in total. The molecule has 5 heteroatoms. The van der Waals surface area contributed by atoms with Crippen LogP contribution in [0, 0.1) is 0 Å². The maximum absolute atomic E-state index is 10.7. The highest BCUT2D eigenvalue weighted by Crippen LogP contribution is 2.31. The van der Waals surface area contributed by atoms with E-state index < -0.39 is 0 Å². The summed E-state index contributed by atoms with van der Waals surface area (Å²) >= 11 is 0. The van der Waals surface area contributed by atoms with Crippen molar-refractivity contribution in [3.63, 3.8) is 0 Å². The lowest BCUT2D eigenvalue weighted by atomic mass is 10.2. The van der Waals surface area contributed by atoms with E-state index >= 15 is 0 Å². The Morgan fingerprint density at radius 2 is 2.00 bits per heavy atom. The molecule has 0 bridgehead atoms. The molecule has 98 valence electrons. The molecular formula is C15H11N3O2. The average molecular weight is 265 g/mol. The summed E-state index contributed by atoms with van der Waals surface area (Å²) in [5.74, 6) is 1.38. The molecule has 0 fully saturated rings. The maximum atomic E-state index is 10.7. The van der Waals surface area contributed by atoms with Crippen LogP contribution in [0.2, 0.25) is 0 Å². The fourth-order valence-electron chi connectivity index (χ4n) is 1.82. The third-order valence-corrected chi connectivity index (χ3v) is 2.76. The van der Waals surface area contributed by atoms with Gasteiger partial charge in [0.05, 0.1) is 11.3 Å². The second-order valence-electron chi connectivity index (χ2n) is 4.11. The van der Waals surface area contributed by atoms with Gasteiger partial charge >= 0.3 is 0 Å². The lowest BCUT2D eigenvalue weighted by Gasteiger charge is -2.09. The van der Waals surface area contributed by atoms with Crippen LogP contribution in [-0.4, -0.2) is 21.5 Å². The Labute approximate surface area is 115 Å². The highest BCUT2D eigenvalue weighted by atomic mass is 16.5. The van der Waals surface area contributed by atoms with Gasteiger partial charge in [-0.05, 0) is 24.3 Å². The minimum absolute atomic E-state index is 0.342. The number of ether oxygens (including phenoxy) is 1. The number of aldehydes is 1. The number of pyridine rings is 1. The Balaban J connectivity index is 1.98. The van der Waals surface area contributed by atoms with Crippen LogP contribution in [0.25, 0.3) is 11.3 Å². The van der Waals surface area contributed by atoms with E-state index in [1.54, 1.807) is 24.5 Å². The molecule has 0 atom stereocenters. The predicted molar refractivity (Wildman–Crippen MR) is 73.7 cm³/mol. The van der Waals surface area contributed by atoms with Gasteiger partial charge < -0.3 is 4.74 Å². The summed E-state index contributed by atoms with van der Waals surface area (Å²) in [6.45, 7) is 0. The minimum atomic E-state index is 0.342. The number of hydrogen-bond acceptors (Lipinski definition) is 4. The molecule has 0 spiro atoms. The van der Waals surface area contributed by atoms with E-state index in [0.717, 1.165) is 11.3 Å². The normalized spacial score (nSPS) is 10.2. The number of aromatic amines is 1. The number of para-hydroxylation sites is 1. The predicted octanol–water partition coefficient (Wildman–Crippen LogP) is 3.08. The first-order valence-electron chi connectivity index (χ1n) is 6.04. The van der Waals surface area contributed by atoms with Crippen molar-refractivity contribution < 1.29 is 9.53 Å². The van der Waals surface area contributed by atoms with Crippen molar-refractivity contribution in [1.29, 1.82) is 0 Å². The molecule has 3 aromatic rings. The van der Waals surface area contributed by atoms with E-state index in [2.05, 4.69) is 15.2 Å². The van der Waals surface area contributed by atoms with Gasteiger partial charge in [0.1, 0.15) is 17.2 Å². The summed E-state index contributed by atoms with van der Waals surface area (Å²) in [7, 11) is 0. The largest absolute Gasteiger partial charge is 0.457 e. The molecule has 0 amide bonds. The Morgan fingerprint density at radius 1 is 1.15 bits per heavy atom. The quantitative estimate of drug-likeness (QED) is 0.736. The number of hydrogen-bond donors (Lipinski definition) is 1. The number of H-pyrrole nitrogens is 1. The zero-order valence-electron chi connectivity index (χ0n) is 10.5. The Bertz CT molecular complexity index is 723. The van der Waals surface area contributed by atoms with Crippen LogP contribution in [-0.2, 0) is 0 Å². The third kappa shape index (κ3) is 2.42. The topological polar surface area (TPSA) is 67.9 Å². The number of nitrogens with one attached hydrogen (secondary N) is 1. The summed E-state index contributed by atoms with van der Waals surface area (Å²) in [5, 5.41) is 6.68. The van der Waals surface area contributed by atoms with E-state index in [9.17, 15) is 4.79 Å². The molecule has 0 aliphatic carbocycles. The van der Waals surface area contributed by atoms with Crippen LogP contribution in [0.3, 0.4) is 0 Å². The summed E-state index contributed by atoms with van der Waals surface area (Å²) < 4.78 is 5.83. The summed E-state index contributed by atoms with van der Waals surface area (Å²) in [6.07, 6.45) is 4.01. The Kier molecular flexibility index (Phi) is 3.24. The molecule has 2 heterocycles. The summed E-state index contributed by atoms with van der Waals surface area (Å²) in [5.41, 5.74) is 1.78. The third-order valence-electron chi connectivity index (χ3n) is 2.76. The van der Waals surface area contributed by atoms with Crippen molar-refractivity contribution in [1.82, 2.24) is 15.2 Å². The second kappa shape index (κ2) is 5.36. The first-order valence-corrected chi connectivity index (χ1v) is 6.04. The molecule has 0 saturated carbocycles. The number of rotatable bonds is 4. The Morgan fingerprint density at radius 3 is 2.75 bits per heavy atom. The Hall–Kier alpha value is -2.95. The number of carbonyl (C=O) groups excluding carboxylic acids is 1. The lowest BCUT2D eigenvalue weighted by molar-refractivity contribution is 0.111. The lowest BCUT2D eigenvalue weighted by Crippen LogP contribution is -1.89. The molecule has 1 aromatic carbocycles. The first kappa shape index (κ1) is 12.1. The van der Waals surface area contributed by atoms with Crippen LogP contribution in [0.5, 0.6) is 11.5 Å². The van der Waals surface area contributed by atoms with Gasteiger partial charge in [-0.1, -0.05) is 18.2 Å². The van der Waals surface area contributed by atoms with Gasteiger partial charge in [0, 0.05) is 12.4 Å². The SMILES string of the molecule is O=Cc1cc(-c2cnccc2Oc2ccccc2)[nH]n1. The molecule has 1 N–H and O–H groups in total. The number of aromatic nitrogens is 3. The highest BCUT2D eigenvalue weighted by molar-refractivity contribution is 5.76. The van der Waals surface area contributed by atoms with Crippen molar-refractivity contribution in [2.45, 2.75) is 0 Å². The molecular weight excluding hydrogens is 254 g/mol. The van der Waals surface area contributed by atoms with Crippen LogP contribution < -0.4 is 4.74 Å². The fraction of sp³-hybridized carbons (Fsp3) is 0. The van der Waals surface area contributed by atoms with E-state index in [4.69, 9.17) is 4.74 Å². The highest BCUT2D eigenvalue weighted by Gasteiger charge is 2.10.